The summed E-state index contributed by atoms with van der Waals surface area (Å²) in [5.41, 5.74) is 0.926. The average molecular weight is 209 g/mol. The number of anilines is 1. The molecule has 0 bridgehead atoms. The fraction of sp³-hybridized carbons (Fsp3) is 0.100. The fourth-order valence-electron chi connectivity index (χ4n) is 1.38. The summed E-state index contributed by atoms with van der Waals surface area (Å²) in [6, 6.07) is 9.60. The lowest BCUT2D eigenvalue weighted by Crippen LogP contribution is -2.37. The van der Waals surface area contributed by atoms with Crippen LogP contribution in [0.15, 0.2) is 42.6 Å². The molecule has 0 radical (unpaired) electrons. The molecule has 2 rings (SSSR count). The van der Waals surface area contributed by atoms with E-state index in [1.54, 1.807) is 5.01 Å². The number of halogens is 1. The summed E-state index contributed by atoms with van der Waals surface area (Å²) in [5.74, 6) is 0. The highest BCUT2D eigenvalue weighted by molar-refractivity contribution is 6.63. The van der Waals surface area contributed by atoms with Gasteiger partial charge in [-0.25, -0.2) is 5.01 Å². The molecule has 72 valence electrons. The van der Waals surface area contributed by atoms with Crippen LogP contribution in [-0.2, 0) is 0 Å². The van der Waals surface area contributed by atoms with Crippen LogP contribution >= 0.6 is 11.6 Å². The Morgan fingerprint density at radius 3 is 2.64 bits per heavy atom. The van der Waals surface area contributed by atoms with Crippen molar-refractivity contribution in [1.29, 1.82) is 0 Å². The van der Waals surface area contributed by atoms with Crippen molar-refractivity contribution >= 4 is 22.7 Å². The molecule has 3 nitrogen and oxygen atoms in total. The molecule has 0 aromatic heterocycles. The third-order valence-corrected chi connectivity index (χ3v) is 2.20. The Labute approximate surface area is 87.2 Å². The topological polar surface area (TPSA) is 23.6 Å². The number of benzene rings is 1. The van der Waals surface area contributed by atoms with Crippen molar-refractivity contribution in [2.45, 2.75) is 0 Å². The van der Waals surface area contributed by atoms with E-state index in [0.29, 0.717) is 6.54 Å². The molecule has 4 heteroatoms. The van der Waals surface area contributed by atoms with Crippen molar-refractivity contribution in [1.82, 2.24) is 5.01 Å². The van der Waals surface area contributed by atoms with E-state index in [2.05, 4.69) is 0 Å². The predicted molar refractivity (Wildman–Crippen MR) is 56.0 cm³/mol. The largest absolute Gasteiger partial charge is 0.335 e. The highest BCUT2D eigenvalue weighted by atomic mass is 35.5. The van der Waals surface area contributed by atoms with Crippen molar-refractivity contribution in [3.8, 4) is 0 Å². The van der Waals surface area contributed by atoms with Gasteiger partial charge in [-0.2, -0.15) is 0 Å². The number of carbonyl (C=O) groups excluding carboxylic acids is 1. The number of hydrogen-bond acceptors (Lipinski definition) is 2. The molecule has 14 heavy (non-hydrogen) atoms. The van der Waals surface area contributed by atoms with E-state index in [9.17, 15) is 4.79 Å². The monoisotopic (exact) mass is 208 g/mol. The first kappa shape index (κ1) is 9.09. The minimum atomic E-state index is -0.473. The van der Waals surface area contributed by atoms with E-state index in [4.69, 9.17) is 11.6 Å². The summed E-state index contributed by atoms with van der Waals surface area (Å²) in [4.78, 5) is 11.0. The van der Waals surface area contributed by atoms with Gasteiger partial charge in [0.05, 0.1) is 12.2 Å². The Morgan fingerprint density at radius 2 is 2.00 bits per heavy atom. The van der Waals surface area contributed by atoms with Crippen LogP contribution in [0.1, 0.15) is 0 Å². The minimum absolute atomic E-state index is 0.473. The van der Waals surface area contributed by atoms with E-state index in [-0.39, 0.29) is 0 Å². The minimum Gasteiger partial charge on any atom is -0.258 e. The van der Waals surface area contributed by atoms with E-state index in [1.807, 2.05) is 42.6 Å². The van der Waals surface area contributed by atoms with Gasteiger partial charge in [0.15, 0.2) is 0 Å². The summed E-state index contributed by atoms with van der Waals surface area (Å²) in [6.07, 6.45) is 3.71. The van der Waals surface area contributed by atoms with Gasteiger partial charge in [-0.1, -0.05) is 18.2 Å². The first-order valence-electron chi connectivity index (χ1n) is 4.27. The molecule has 0 spiro atoms. The molecule has 0 saturated carbocycles. The van der Waals surface area contributed by atoms with Gasteiger partial charge in [-0.3, -0.25) is 9.80 Å². The summed E-state index contributed by atoms with van der Waals surface area (Å²) in [6.45, 7) is 0.525. The molecule has 0 saturated heterocycles. The predicted octanol–water partition coefficient (Wildman–Crippen LogP) is 2.60. The lowest BCUT2D eigenvalue weighted by atomic mass is 10.3. The first-order valence-corrected chi connectivity index (χ1v) is 4.64. The lowest BCUT2D eigenvalue weighted by Gasteiger charge is -2.26. The van der Waals surface area contributed by atoms with Crippen molar-refractivity contribution in [3.05, 3.63) is 42.6 Å². The zero-order valence-corrected chi connectivity index (χ0v) is 8.19. The Morgan fingerprint density at radius 1 is 1.29 bits per heavy atom. The first-order chi connectivity index (χ1) is 6.79. The highest BCUT2D eigenvalue weighted by Crippen LogP contribution is 2.21. The number of hydrogen-bond donors (Lipinski definition) is 0. The molecule has 1 aliphatic rings. The summed E-state index contributed by atoms with van der Waals surface area (Å²) >= 11 is 5.43. The Balaban J connectivity index is 2.26. The zero-order valence-electron chi connectivity index (χ0n) is 7.43. The number of amides is 1. The summed E-state index contributed by atoms with van der Waals surface area (Å²) in [5, 5.41) is 2.71. The molecule has 0 fully saturated rings. The summed E-state index contributed by atoms with van der Waals surface area (Å²) < 4.78 is 0. The Bertz CT molecular complexity index is 364. The van der Waals surface area contributed by atoms with Crippen LogP contribution in [0.4, 0.5) is 10.5 Å². The third-order valence-electron chi connectivity index (χ3n) is 2.01. The van der Waals surface area contributed by atoms with Crippen LogP contribution in [0.3, 0.4) is 0 Å². The van der Waals surface area contributed by atoms with Crippen molar-refractivity contribution in [2.24, 2.45) is 0 Å². The lowest BCUT2D eigenvalue weighted by molar-refractivity contribution is 0.230. The number of carbonyl (C=O) groups is 1. The van der Waals surface area contributed by atoms with Crippen LogP contribution in [0.25, 0.3) is 0 Å². The maximum absolute atomic E-state index is 11.0. The number of rotatable bonds is 1. The van der Waals surface area contributed by atoms with Gasteiger partial charge in [0.1, 0.15) is 0 Å². The van der Waals surface area contributed by atoms with Gasteiger partial charge in [0, 0.05) is 6.20 Å². The SMILES string of the molecule is O=C(Cl)N1CC=CN1c1ccccc1. The number of para-hydroxylation sites is 1. The molecule has 0 aliphatic carbocycles. The van der Waals surface area contributed by atoms with E-state index >= 15 is 0 Å². The third kappa shape index (κ3) is 1.59. The molecule has 0 N–H and O–H groups in total. The van der Waals surface area contributed by atoms with Crippen LogP contribution in [-0.4, -0.2) is 16.9 Å². The molecular weight excluding hydrogens is 200 g/mol. The van der Waals surface area contributed by atoms with Crippen LogP contribution in [0.2, 0.25) is 0 Å². The van der Waals surface area contributed by atoms with Crippen LogP contribution in [0, 0.1) is 0 Å². The van der Waals surface area contributed by atoms with Crippen molar-refractivity contribution in [2.75, 3.05) is 11.6 Å². The van der Waals surface area contributed by atoms with Gasteiger partial charge in [0.2, 0.25) is 0 Å². The van der Waals surface area contributed by atoms with Gasteiger partial charge >= 0.3 is 5.37 Å². The molecular formula is C10H9ClN2O. The molecule has 1 aromatic rings. The number of nitrogens with zero attached hydrogens (tertiary/aromatic N) is 2. The normalized spacial score (nSPS) is 14.9. The standard InChI is InChI=1S/C10H9ClN2O/c11-10(14)13-8-4-7-12(13)9-5-2-1-3-6-9/h1-7H,8H2. The smallest absolute Gasteiger partial charge is 0.258 e. The molecule has 1 amide bonds. The second-order valence-corrected chi connectivity index (χ2v) is 3.22. The maximum atomic E-state index is 11.0. The average Bonchev–Trinajstić information content (AvgIpc) is 2.67. The second-order valence-electron chi connectivity index (χ2n) is 2.90. The van der Waals surface area contributed by atoms with Crippen molar-refractivity contribution in [3.63, 3.8) is 0 Å². The van der Waals surface area contributed by atoms with Gasteiger partial charge in [-0.15, -0.1) is 0 Å². The quantitative estimate of drug-likeness (QED) is 0.523. The molecule has 1 aliphatic heterocycles. The van der Waals surface area contributed by atoms with Gasteiger partial charge in [-0.05, 0) is 29.8 Å². The molecule has 0 atom stereocenters. The van der Waals surface area contributed by atoms with Gasteiger partial charge < -0.3 is 0 Å². The molecule has 1 aromatic carbocycles. The van der Waals surface area contributed by atoms with E-state index in [1.165, 1.54) is 5.01 Å². The maximum Gasteiger partial charge on any atom is 0.335 e. The fourth-order valence-corrected chi connectivity index (χ4v) is 1.53. The van der Waals surface area contributed by atoms with Gasteiger partial charge in [0.25, 0.3) is 0 Å². The zero-order chi connectivity index (χ0) is 9.97. The Hall–Kier alpha value is -1.48. The highest BCUT2D eigenvalue weighted by Gasteiger charge is 2.21. The molecule has 1 heterocycles. The van der Waals surface area contributed by atoms with Crippen LogP contribution in [0.5, 0.6) is 0 Å². The van der Waals surface area contributed by atoms with Crippen LogP contribution < -0.4 is 5.01 Å². The summed E-state index contributed by atoms with van der Waals surface area (Å²) in [7, 11) is 0. The molecule has 0 unspecified atom stereocenters. The Kier molecular flexibility index (Phi) is 2.41. The van der Waals surface area contributed by atoms with E-state index < -0.39 is 5.37 Å². The number of hydrazine groups is 1. The second kappa shape index (κ2) is 3.72. The van der Waals surface area contributed by atoms with Crippen molar-refractivity contribution < 1.29 is 4.79 Å². The van der Waals surface area contributed by atoms with E-state index in [0.717, 1.165) is 5.69 Å².